The monoisotopic (exact) mass is 221 g/mol. The van der Waals surface area contributed by atoms with Gasteiger partial charge < -0.3 is 4.52 Å². The first-order chi connectivity index (χ1) is 8.43. The molecular formula is C15H11NO. The summed E-state index contributed by atoms with van der Waals surface area (Å²) in [6.07, 6.45) is 2.13. The highest BCUT2D eigenvalue weighted by Gasteiger charge is 2.19. The molecule has 0 unspecified atom stereocenters. The van der Waals surface area contributed by atoms with Crippen LogP contribution in [-0.4, -0.2) is 5.16 Å². The molecule has 1 aromatic heterocycles. The van der Waals surface area contributed by atoms with Crippen LogP contribution >= 0.6 is 0 Å². The molecule has 0 fully saturated rings. The molecule has 17 heavy (non-hydrogen) atoms. The van der Waals surface area contributed by atoms with Crippen molar-refractivity contribution in [3.05, 3.63) is 53.6 Å². The summed E-state index contributed by atoms with van der Waals surface area (Å²) < 4.78 is 5.42. The highest BCUT2D eigenvalue weighted by molar-refractivity contribution is 5.95. The maximum atomic E-state index is 5.42. The van der Waals surface area contributed by atoms with Crippen LogP contribution in [0.15, 0.2) is 47.0 Å². The molecule has 0 saturated carbocycles. The van der Waals surface area contributed by atoms with E-state index in [0.29, 0.717) is 0 Å². The third-order valence-electron chi connectivity index (χ3n) is 3.52. The molecule has 1 aliphatic carbocycles. The Kier molecular flexibility index (Phi) is 1.69. The van der Waals surface area contributed by atoms with Crippen molar-refractivity contribution < 1.29 is 4.52 Å². The molecule has 0 N–H and O–H groups in total. The fourth-order valence-corrected chi connectivity index (χ4v) is 2.69. The van der Waals surface area contributed by atoms with Gasteiger partial charge in [-0.05, 0) is 30.0 Å². The molecular weight excluding hydrogens is 210 g/mol. The molecule has 0 amide bonds. The van der Waals surface area contributed by atoms with Gasteiger partial charge in [-0.3, -0.25) is 0 Å². The smallest absolute Gasteiger partial charge is 0.167 e. The van der Waals surface area contributed by atoms with Gasteiger partial charge in [0.1, 0.15) is 5.69 Å². The molecule has 0 radical (unpaired) electrons. The van der Waals surface area contributed by atoms with Crippen LogP contribution in [0.2, 0.25) is 0 Å². The topological polar surface area (TPSA) is 26.0 Å². The Balaban J connectivity index is 2.16. The van der Waals surface area contributed by atoms with Crippen LogP contribution < -0.4 is 0 Å². The number of benzene rings is 2. The first-order valence-electron chi connectivity index (χ1n) is 5.89. The van der Waals surface area contributed by atoms with Crippen molar-refractivity contribution in [1.29, 1.82) is 0 Å². The van der Waals surface area contributed by atoms with Gasteiger partial charge in [0, 0.05) is 5.56 Å². The highest BCUT2D eigenvalue weighted by Crippen LogP contribution is 2.36. The average Bonchev–Trinajstić information content (AvgIpc) is 2.73. The maximum absolute atomic E-state index is 5.42. The SMILES string of the molecule is c1ccc2c(c1)CCc1cccc3onc-2c13. The van der Waals surface area contributed by atoms with E-state index in [-0.39, 0.29) is 0 Å². The fourth-order valence-electron chi connectivity index (χ4n) is 2.69. The molecule has 0 bridgehead atoms. The minimum absolute atomic E-state index is 0.897. The second kappa shape index (κ2) is 3.20. The van der Waals surface area contributed by atoms with Gasteiger partial charge in [-0.2, -0.15) is 0 Å². The second-order valence-electron chi connectivity index (χ2n) is 4.48. The third-order valence-corrected chi connectivity index (χ3v) is 3.52. The molecule has 1 heterocycles. The third kappa shape index (κ3) is 1.18. The molecule has 4 rings (SSSR count). The van der Waals surface area contributed by atoms with Crippen LogP contribution in [0.1, 0.15) is 11.1 Å². The van der Waals surface area contributed by atoms with Gasteiger partial charge in [0.25, 0.3) is 0 Å². The summed E-state index contributed by atoms with van der Waals surface area (Å²) >= 11 is 0. The zero-order chi connectivity index (χ0) is 11.2. The highest BCUT2D eigenvalue weighted by atomic mass is 16.5. The Bertz CT molecular complexity index is 712. The zero-order valence-corrected chi connectivity index (χ0v) is 9.31. The number of rotatable bonds is 0. The minimum atomic E-state index is 0.897. The summed E-state index contributed by atoms with van der Waals surface area (Å²) in [7, 11) is 0. The predicted octanol–water partition coefficient (Wildman–Crippen LogP) is 3.59. The van der Waals surface area contributed by atoms with E-state index in [0.717, 1.165) is 24.1 Å². The van der Waals surface area contributed by atoms with E-state index in [4.69, 9.17) is 4.52 Å². The number of hydrogen-bond acceptors (Lipinski definition) is 2. The number of nitrogens with zero attached hydrogens (tertiary/aromatic N) is 1. The quantitative estimate of drug-likeness (QED) is 0.579. The molecule has 0 spiro atoms. The first kappa shape index (κ1) is 8.99. The van der Waals surface area contributed by atoms with Crippen molar-refractivity contribution in [3.63, 3.8) is 0 Å². The van der Waals surface area contributed by atoms with E-state index in [1.165, 1.54) is 22.1 Å². The Morgan fingerprint density at radius 3 is 2.71 bits per heavy atom. The molecule has 3 aromatic rings. The summed E-state index contributed by atoms with van der Waals surface area (Å²) in [5, 5.41) is 5.44. The number of aromatic nitrogens is 1. The Morgan fingerprint density at radius 2 is 1.71 bits per heavy atom. The van der Waals surface area contributed by atoms with Gasteiger partial charge in [-0.1, -0.05) is 41.6 Å². The molecule has 2 nitrogen and oxygen atoms in total. The van der Waals surface area contributed by atoms with E-state index in [1.54, 1.807) is 0 Å². The normalized spacial score (nSPS) is 13.4. The second-order valence-corrected chi connectivity index (χ2v) is 4.48. The van der Waals surface area contributed by atoms with Gasteiger partial charge in [-0.15, -0.1) is 0 Å². The van der Waals surface area contributed by atoms with Crippen molar-refractivity contribution in [2.24, 2.45) is 0 Å². The molecule has 0 saturated heterocycles. The van der Waals surface area contributed by atoms with E-state index < -0.39 is 0 Å². The predicted molar refractivity (Wildman–Crippen MR) is 66.9 cm³/mol. The minimum Gasteiger partial charge on any atom is -0.356 e. The number of aryl methyl sites for hydroxylation is 2. The van der Waals surface area contributed by atoms with Crippen molar-refractivity contribution in [3.8, 4) is 11.3 Å². The summed E-state index contributed by atoms with van der Waals surface area (Å²) in [4.78, 5) is 0. The van der Waals surface area contributed by atoms with Crippen molar-refractivity contribution in [1.82, 2.24) is 5.16 Å². The van der Waals surface area contributed by atoms with Crippen molar-refractivity contribution >= 4 is 11.0 Å². The van der Waals surface area contributed by atoms with E-state index in [1.807, 2.05) is 12.1 Å². The number of hydrogen-bond donors (Lipinski definition) is 0. The lowest BCUT2D eigenvalue weighted by Crippen LogP contribution is -1.90. The first-order valence-corrected chi connectivity index (χ1v) is 5.89. The average molecular weight is 221 g/mol. The molecule has 2 aromatic carbocycles. The summed E-state index contributed by atoms with van der Waals surface area (Å²) in [5.41, 5.74) is 5.82. The van der Waals surface area contributed by atoms with Crippen LogP contribution in [-0.2, 0) is 12.8 Å². The van der Waals surface area contributed by atoms with Gasteiger partial charge in [0.2, 0.25) is 0 Å². The lowest BCUT2D eigenvalue weighted by Gasteiger charge is -2.02. The Hall–Kier alpha value is -2.09. The van der Waals surface area contributed by atoms with Gasteiger partial charge >= 0.3 is 0 Å². The van der Waals surface area contributed by atoms with Crippen LogP contribution in [0.4, 0.5) is 0 Å². The van der Waals surface area contributed by atoms with Gasteiger partial charge in [0.05, 0.1) is 5.39 Å². The standard InChI is InChI=1S/C15H11NO/c1-2-6-12-10(4-1)8-9-11-5-3-7-13-14(11)15(12)16-17-13/h1-7H,8-9H2. The molecule has 2 heteroatoms. The lowest BCUT2D eigenvalue weighted by atomic mass is 10.0. The van der Waals surface area contributed by atoms with Crippen LogP contribution in [0.3, 0.4) is 0 Å². The summed E-state index contributed by atoms with van der Waals surface area (Å²) in [5.74, 6) is 0. The van der Waals surface area contributed by atoms with Crippen molar-refractivity contribution in [2.45, 2.75) is 12.8 Å². The van der Waals surface area contributed by atoms with Crippen molar-refractivity contribution in [2.75, 3.05) is 0 Å². The number of fused-ring (bicyclic) bond motifs is 2. The van der Waals surface area contributed by atoms with Crippen LogP contribution in [0, 0.1) is 0 Å². The Morgan fingerprint density at radius 1 is 0.882 bits per heavy atom. The maximum Gasteiger partial charge on any atom is 0.167 e. The molecule has 0 aliphatic heterocycles. The Labute approximate surface area is 98.9 Å². The van der Waals surface area contributed by atoms with E-state index in [9.17, 15) is 0 Å². The largest absolute Gasteiger partial charge is 0.356 e. The van der Waals surface area contributed by atoms with E-state index >= 15 is 0 Å². The van der Waals surface area contributed by atoms with Gasteiger partial charge in [0.15, 0.2) is 5.58 Å². The lowest BCUT2D eigenvalue weighted by molar-refractivity contribution is 0.459. The van der Waals surface area contributed by atoms with E-state index in [2.05, 4.69) is 35.5 Å². The van der Waals surface area contributed by atoms with Crippen LogP contribution in [0.5, 0.6) is 0 Å². The summed E-state index contributed by atoms with van der Waals surface area (Å²) in [6, 6.07) is 14.7. The fraction of sp³-hybridized carbons (Fsp3) is 0.133. The zero-order valence-electron chi connectivity index (χ0n) is 9.31. The molecule has 82 valence electrons. The molecule has 1 aliphatic rings. The van der Waals surface area contributed by atoms with Crippen LogP contribution in [0.25, 0.3) is 22.2 Å². The van der Waals surface area contributed by atoms with Gasteiger partial charge in [-0.25, -0.2) is 0 Å². The summed E-state index contributed by atoms with van der Waals surface area (Å²) in [6.45, 7) is 0. The molecule has 0 atom stereocenters.